The largest absolute Gasteiger partial charge is 0.469 e. The second-order valence-electron chi connectivity index (χ2n) is 7.37. The van der Waals surface area contributed by atoms with Crippen LogP contribution in [-0.4, -0.2) is 57.7 Å². The quantitative estimate of drug-likeness (QED) is 0.763. The minimum Gasteiger partial charge on any atom is -0.469 e. The van der Waals surface area contributed by atoms with Gasteiger partial charge in [0.2, 0.25) is 5.91 Å². The van der Waals surface area contributed by atoms with Crippen LogP contribution in [0, 0.1) is 5.92 Å². The summed E-state index contributed by atoms with van der Waals surface area (Å²) in [6.45, 7) is 1.78. The molecule has 2 aliphatic rings. The van der Waals surface area contributed by atoms with Crippen molar-refractivity contribution in [2.75, 3.05) is 20.2 Å². The molecule has 0 aliphatic carbocycles. The summed E-state index contributed by atoms with van der Waals surface area (Å²) in [4.78, 5) is 29.5. The van der Waals surface area contributed by atoms with E-state index in [-0.39, 0.29) is 29.9 Å². The number of benzene rings is 1. The van der Waals surface area contributed by atoms with Crippen molar-refractivity contribution in [2.45, 2.75) is 25.0 Å². The van der Waals surface area contributed by atoms with E-state index in [1.807, 2.05) is 54.7 Å². The summed E-state index contributed by atoms with van der Waals surface area (Å²) in [6, 6.07) is 9.56. The highest BCUT2D eigenvalue weighted by atomic mass is 16.5. The van der Waals surface area contributed by atoms with Gasteiger partial charge in [0.1, 0.15) is 0 Å². The van der Waals surface area contributed by atoms with Crippen LogP contribution in [0.15, 0.2) is 42.7 Å². The zero-order chi connectivity index (χ0) is 19.0. The molecule has 27 heavy (non-hydrogen) atoms. The molecule has 7 nitrogen and oxygen atoms in total. The number of aryl methyl sites for hydroxylation is 1. The topological polar surface area (TPSA) is 67.7 Å². The Bertz CT molecular complexity index is 835. The minimum atomic E-state index is -0.329. The van der Waals surface area contributed by atoms with Crippen LogP contribution < -0.4 is 0 Å². The molecule has 2 fully saturated rings. The molecule has 2 aliphatic heterocycles. The number of methoxy groups -OCH3 is 1. The molecule has 0 radical (unpaired) electrons. The van der Waals surface area contributed by atoms with Crippen molar-refractivity contribution in [3.05, 3.63) is 53.9 Å². The predicted octanol–water partition coefficient (Wildman–Crippen LogP) is 1.37. The lowest BCUT2D eigenvalue weighted by molar-refractivity contribution is -0.147. The van der Waals surface area contributed by atoms with Gasteiger partial charge in [-0.25, -0.2) is 0 Å². The Kier molecular flexibility index (Phi) is 4.70. The molecule has 7 heteroatoms. The number of carbonyl (C=O) groups excluding carboxylic acids is 2. The second kappa shape index (κ2) is 7.15. The van der Waals surface area contributed by atoms with E-state index in [0.717, 1.165) is 17.7 Å². The summed E-state index contributed by atoms with van der Waals surface area (Å²) in [5, 5.41) is 4.20. The Hall–Kier alpha value is -2.67. The van der Waals surface area contributed by atoms with Gasteiger partial charge in [0.05, 0.1) is 31.8 Å². The minimum absolute atomic E-state index is 0.0113. The number of hydrogen-bond donors (Lipinski definition) is 0. The average molecular weight is 368 g/mol. The van der Waals surface area contributed by atoms with Crippen LogP contribution in [0.3, 0.4) is 0 Å². The highest BCUT2D eigenvalue weighted by molar-refractivity contribution is 5.83. The lowest BCUT2D eigenvalue weighted by Crippen LogP contribution is -2.53. The average Bonchev–Trinajstić information content (AvgIpc) is 3.25. The van der Waals surface area contributed by atoms with Crippen molar-refractivity contribution in [3.63, 3.8) is 0 Å². The van der Waals surface area contributed by atoms with Gasteiger partial charge in [-0.05, 0) is 12.0 Å². The summed E-state index contributed by atoms with van der Waals surface area (Å²) < 4.78 is 6.82. The summed E-state index contributed by atoms with van der Waals surface area (Å²) in [6.07, 6.45) is 4.42. The number of fused-ring (bicyclic) bond motifs is 1. The molecule has 0 bridgehead atoms. The Morgan fingerprint density at radius 1 is 1.30 bits per heavy atom. The molecule has 0 unspecified atom stereocenters. The Labute approximate surface area is 158 Å². The van der Waals surface area contributed by atoms with Gasteiger partial charge in [-0.3, -0.25) is 19.2 Å². The van der Waals surface area contributed by atoms with Crippen LogP contribution in [0.25, 0.3) is 0 Å². The van der Waals surface area contributed by atoms with Crippen LogP contribution >= 0.6 is 0 Å². The molecule has 2 saturated heterocycles. The normalized spacial score (nSPS) is 25.5. The first-order valence-electron chi connectivity index (χ1n) is 9.20. The van der Waals surface area contributed by atoms with Gasteiger partial charge in [0, 0.05) is 37.9 Å². The van der Waals surface area contributed by atoms with E-state index in [9.17, 15) is 9.59 Å². The molecular formula is C20H24N4O3. The standard InChI is InChI=1S/C20H24N4O3/c1-22-10-14(9-21-22)11-23-12-16-8-17(20(26)27-2)19(24(16)18(25)13-23)15-6-4-3-5-7-15/h3-7,9-10,16-17,19H,8,11-13H2,1-2H3/t16-,17-,19-/m0/s1. The van der Waals surface area contributed by atoms with Crippen LogP contribution in [0.5, 0.6) is 0 Å². The first kappa shape index (κ1) is 17.7. The van der Waals surface area contributed by atoms with Crippen molar-refractivity contribution in [1.82, 2.24) is 19.6 Å². The van der Waals surface area contributed by atoms with E-state index in [0.29, 0.717) is 19.5 Å². The first-order chi connectivity index (χ1) is 13.1. The van der Waals surface area contributed by atoms with E-state index in [2.05, 4.69) is 10.00 Å². The third-order valence-corrected chi connectivity index (χ3v) is 5.53. The van der Waals surface area contributed by atoms with E-state index in [1.165, 1.54) is 7.11 Å². The van der Waals surface area contributed by atoms with Crippen molar-refractivity contribution in [1.29, 1.82) is 0 Å². The van der Waals surface area contributed by atoms with E-state index < -0.39 is 0 Å². The van der Waals surface area contributed by atoms with Gasteiger partial charge in [-0.1, -0.05) is 30.3 Å². The van der Waals surface area contributed by atoms with Crippen molar-refractivity contribution in [2.24, 2.45) is 13.0 Å². The lowest BCUT2D eigenvalue weighted by atomic mass is 9.93. The molecule has 1 aromatic heterocycles. The molecular weight excluding hydrogens is 344 g/mol. The van der Waals surface area contributed by atoms with Crippen LogP contribution in [-0.2, 0) is 27.9 Å². The molecule has 142 valence electrons. The van der Waals surface area contributed by atoms with Crippen LogP contribution in [0.4, 0.5) is 0 Å². The molecule has 4 rings (SSSR count). The number of ether oxygens (including phenoxy) is 1. The van der Waals surface area contributed by atoms with Gasteiger partial charge in [-0.2, -0.15) is 5.10 Å². The predicted molar refractivity (Wildman–Crippen MR) is 98.4 cm³/mol. The van der Waals surface area contributed by atoms with Crippen LogP contribution in [0.1, 0.15) is 23.6 Å². The Balaban J connectivity index is 1.58. The van der Waals surface area contributed by atoms with E-state index >= 15 is 0 Å². The molecule has 3 atom stereocenters. The number of hydrogen-bond acceptors (Lipinski definition) is 5. The van der Waals surface area contributed by atoms with Gasteiger partial charge in [0.15, 0.2) is 0 Å². The third kappa shape index (κ3) is 3.35. The maximum atomic E-state index is 13.0. The lowest BCUT2D eigenvalue weighted by Gasteiger charge is -2.40. The number of rotatable bonds is 4. The van der Waals surface area contributed by atoms with Gasteiger partial charge < -0.3 is 9.64 Å². The zero-order valence-electron chi connectivity index (χ0n) is 15.6. The number of aromatic nitrogens is 2. The molecule has 1 amide bonds. The summed E-state index contributed by atoms with van der Waals surface area (Å²) in [5.41, 5.74) is 2.07. The zero-order valence-corrected chi connectivity index (χ0v) is 15.6. The van der Waals surface area contributed by atoms with Crippen LogP contribution in [0.2, 0.25) is 0 Å². The molecule has 3 heterocycles. The molecule has 0 spiro atoms. The first-order valence-corrected chi connectivity index (χ1v) is 9.20. The van der Waals surface area contributed by atoms with Gasteiger partial charge in [-0.15, -0.1) is 0 Å². The number of carbonyl (C=O) groups is 2. The van der Waals surface area contributed by atoms with E-state index in [1.54, 1.807) is 4.68 Å². The maximum absolute atomic E-state index is 13.0. The molecule has 0 saturated carbocycles. The van der Waals surface area contributed by atoms with Crippen molar-refractivity contribution < 1.29 is 14.3 Å². The van der Waals surface area contributed by atoms with Crippen molar-refractivity contribution >= 4 is 11.9 Å². The number of amides is 1. The van der Waals surface area contributed by atoms with Gasteiger partial charge in [0.25, 0.3) is 0 Å². The fourth-order valence-electron chi connectivity index (χ4n) is 4.47. The number of piperazine rings is 1. The number of esters is 1. The molecule has 1 aromatic carbocycles. The van der Waals surface area contributed by atoms with E-state index in [4.69, 9.17) is 4.74 Å². The highest BCUT2D eigenvalue weighted by Crippen LogP contribution is 2.43. The molecule has 0 N–H and O–H groups in total. The fourth-order valence-corrected chi connectivity index (χ4v) is 4.47. The Morgan fingerprint density at radius 3 is 2.74 bits per heavy atom. The molecule has 2 aromatic rings. The monoisotopic (exact) mass is 368 g/mol. The van der Waals surface area contributed by atoms with Gasteiger partial charge >= 0.3 is 5.97 Å². The summed E-state index contributed by atoms with van der Waals surface area (Å²) in [7, 11) is 3.30. The third-order valence-electron chi connectivity index (χ3n) is 5.53. The smallest absolute Gasteiger partial charge is 0.311 e. The highest BCUT2D eigenvalue weighted by Gasteiger charge is 2.50. The summed E-state index contributed by atoms with van der Waals surface area (Å²) >= 11 is 0. The summed E-state index contributed by atoms with van der Waals surface area (Å²) in [5.74, 6) is -0.509. The van der Waals surface area contributed by atoms with Crippen molar-refractivity contribution in [3.8, 4) is 0 Å². The maximum Gasteiger partial charge on any atom is 0.311 e. The number of nitrogens with zero attached hydrogens (tertiary/aromatic N) is 4. The SMILES string of the molecule is COC(=O)[C@H]1C[C@H]2CN(Cc3cnn(C)c3)CC(=O)N2[C@H]1c1ccccc1. The Morgan fingerprint density at radius 2 is 2.07 bits per heavy atom. The second-order valence-corrected chi connectivity index (χ2v) is 7.37. The fraction of sp³-hybridized carbons (Fsp3) is 0.450.